The number of esters is 4. The second-order valence-electron chi connectivity index (χ2n) is 27.6. The van der Waals surface area contributed by atoms with Crippen molar-refractivity contribution in [3.05, 3.63) is 0 Å². The van der Waals surface area contributed by atoms with Gasteiger partial charge in [0.05, 0.1) is 26.4 Å². The van der Waals surface area contributed by atoms with Gasteiger partial charge in [0.1, 0.15) is 19.3 Å². The number of aliphatic hydroxyl groups excluding tert-OH is 1. The van der Waals surface area contributed by atoms with Crippen LogP contribution in [0.5, 0.6) is 0 Å². The van der Waals surface area contributed by atoms with Crippen molar-refractivity contribution in [3.8, 4) is 0 Å². The standard InChI is InChI=1S/C74H144O17P2/c1-7-9-11-13-14-15-16-17-18-19-20-21-22-23-24-27-31-34-40-46-52-58-73(78)91-70(63-85-72(77)57-51-45-39-33-30-28-25-26-29-32-37-43-48-54-66(3)4)65-89-93(82,83)87-61-68(75)60-86-92(80,81)88-64-69(62-84-71(76)56-50-42-12-10-8-2)90-74(79)59-53-47-41-36-35-38-44-49-55-67(5)6/h66-70,75H,7-65H2,1-6H3,(H,80,81)(H,82,83)/t68-,69+,70+/m0/s1. The summed E-state index contributed by atoms with van der Waals surface area (Å²) in [6.07, 6.45) is 53.4. The van der Waals surface area contributed by atoms with Crippen LogP contribution < -0.4 is 0 Å². The zero-order valence-corrected chi connectivity index (χ0v) is 62.3. The topological polar surface area (TPSA) is 237 Å². The quantitative estimate of drug-likeness (QED) is 0.0222. The van der Waals surface area contributed by atoms with E-state index in [0.717, 1.165) is 108 Å². The van der Waals surface area contributed by atoms with Crippen LogP contribution >= 0.6 is 15.6 Å². The molecule has 0 saturated heterocycles. The van der Waals surface area contributed by atoms with Crippen LogP contribution in [-0.2, 0) is 65.4 Å². The monoisotopic (exact) mass is 1370 g/mol. The summed E-state index contributed by atoms with van der Waals surface area (Å²) in [6, 6.07) is 0. The minimum atomic E-state index is -4.95. The molecule has 552 valence electrons. The molecule has 0 rings (SSSR count). The first-order chi connectivity index (χ1) is 44.9. The number of ether oxygens (including phenoxy) is 4. The number of aliphatic hydroxyl groups is 1. The third-order valence-corrected chi connectivity index (χ3v) is 19.1. The Morgan fingerprint density at radius 1 is 0.290 bits per heavy atom. The fourth-order valence-electron chi connectivity index (χ4n) is 11.3. The predicted octanol–water partition coefficient (Wildman–Crippen LogP) is 21.6. The molecule has 0 aromatic carbocycles. The number of carbonyl (C=O) groups excluding carboxylic acids is 4. The molecule has 0 saturated carbocycles. The van der Waals surface area contributed by atoms with Crippen molar-refractivity contribution in [1.29, 1.82) is 0 Å². The SMILES string of the molecule is CCCCCCCCCCCCCCCCCCCCCCCC(=O)O[C@H](COC(=O)CCCCCCCCCCCCCCCC(C)C)COP(=O)(O)OC[C@@H](O)COP(=O)(O)OC[C@@H](COC(=O)CCCCCCC)OC(=O)CCCCCCCCCCC(C)C. The van der Waals surface area contributed by atoms with Gasteiger partial charge in [-0.05, 0) is 37.5 Å². The van der Waals surface area contributed by atoms with Gasteiger partial charge >= 0.3 is 39.5 Å². The Morgan fingerprint density at radius 2 is 0.495 bits per heavy atom. The molecule has 19 heteroatoms. The summed E-state index contributed by atoms with van der Waals surface area (Å²) in [6.45, 7) is 9.46. The lowest BCUT2D eigenvalue weighted by molar-refractivity contribution is -0.161. The van der Waals surface area contributed by atoms with Crippen molar-refractivity contribution < 1.29 is 80.2 Å². The van der Waals surface area contributed by atoms with Gasteiger partial charge in [0.15, 0.2) is 12.2 Å². The van der Waals surface area contributed by atoms with Crippen LogP contribution in [0.3, 0.4) is 0 Å². The van der Waals surface area contributed by atoms with Crippen LogP contribution in [0.1, 0.15) is 382 Å². The molecule has 0 aromatic heterocycles. The van der Waals surface area contributed by atoms with Crippen molar-refractivity contribution >= 4 is 39.5 Å². The number of phosphoric acid groups is 2. The van der Waals surface area contributed by atoms with E-state index in [9.17, 15) is 43.2 Å². The van der Waals surface area contributed by atoms with E-state index in [0.29, 0.717) is 25.7 Å². The Morgan fingerprint density at radius 3 is 0.731 bits per heavy atom. The highest BCUT2D eigenvalue weighted by Gasteiger charge is 2.30. The summed E-state index contributed by atoms with van der Waals surface area (Å²) in [5.41, 5.74) is 0. The number of unbranched alkanes of at least 4 members (excludes halogenated alkanes) is 43. The van der Waals surface area contributed by atoms with Crippen LogP contribution in [0.4, 0.5) is 0 Å². The number of phosphoric ester groups is 2. The molecular formula is C74H144O17P2. The van der Waals surface area contributed by atoms with Gasteiger partial charge in [-0.3, -0.25) is 37.3 Å². The summed E-state index contributed by atoms with van der Waals surface area (Å²) >= 11 is 0. The van der Waals surface area contributed by atoms with Crippen molar-refractivity contribution in [3.63, 3.8) is 0 Å². The molecule has 0 fully saturated rings. The smallest absolute Gasteiger partial charge is 0.462 e. The Hall–Kier alpha value is -1.94. The van der Waals surface area contributed by atoms with E-state index in [4.69, 9.17) is 37.0 Å². The predicted molar refractivity (Wildman–Crippen MR) is 377 cm³/mol. The molecule has 2 unspecified atom stereocenters. The first-order valence-electron chi connectivity index (χ1n) is 38.5. The van der Waals surface area contributed by atoms with E-state index in [-0.39, 0.29) is 25.7 Å². The van der Waals surface area contributed by atoms with Gasteiger partial charge in [0.25, 0.3) is 0 Å². The van der Waals surface area contributed by atoms with Crippen molar-refractivity contribution in [1.82, 2.24) is 0 Å². The third kappa shape index (κ3) is 68.4. The van der Waals surface area contributed by atoms with Crippen molar-refractivity contribution in [2.75, 3.05) is 39.6 Å². The molecule has 5 atom stereocenters. The first-order valence-corrected chi connectivity index (χ1v) is 41.5. The molecule has 0 heterocycles. The van der Waals surface area contributed by atoms with Gasteiger partial charge in [-0.25, -0.2) is 9.13 Å². The molecule has 0 aliphatic heterocycles. The largest absolute Gasteiger partial charge is 0.472 e. The van der Waals surface area contributed by atoms with E-state index in [1.807, 2.05) is 0 Å². The van der Waals surface area contributed by atoms with Crippen molar-refractivity contribution in [2.24, 2.45) is 11.8 Å². The average molecular weight is 1370 g/mol. The lowest BCUT2D eigenvalue weighted by Gasteiger charge is -2.21. The third-order valence-electron chi connectivity index (χ3n) is 17.2. The fourth-order valence-corrected chi connectivity index (χ4v) is 12.9. The Bertz CT molecular complexity index is 1800. The maximum atomic E-state index is 13.1. The second-order valence-corrected chi connectivity index (χ2v) is 30.5. The molecule has 0 spiro atoms. The van der Waals surface area contributed by atoms with Crippen LogP contribution in [0.25, 0.3) is 0 Å². The van der Waals surface area contributed by atoms with Gasteiger partial charge in [0, 0.05) is 25.7 Å². The van der Waals surface area contributed by atoms with Crippen molar-refractivity contribution in [2.45, 2.75) is 400 Å². The highest BCUT2D eigenvalue weighted by atomic mass is 31.2. The number of hydrogen-bond donors (Lipinski definition) is 3. The zero-order chi connectivity index (χ0) is 68.6. The Kier molecular flexibility index (Phi) is 64.6. The molecule has 0 amide bonds. The molecule has 0 aliphatic carbocycles. The van der Waals surface area contributed by atoms with Gasteiger partial charge in [-0.1, -0.05) is 330 Å². The van der Waals surface area contributed by atoms with Crippen LogP contribution in [0, 0.1) is 11.8 Å². The van der Waals surface area contributed by atoms with Crippen LogP contribution in [0.2, 0.25) is 0 Å². The average Bonchev–Trinajstić information content (AvgIpc) is 2.01. The maximum Gasteiger partial charge on any atom is 0.472 e. The summed E-state index contributed by atoms with van der Waals surface area (Å²) < 4.78 is 68.2. The van der Waals surface area contributed by atoms with Crippen LogP contribution in [-0.4, -0.2) is 96.7 Å². The molecule has 3 N–H and O–H groups in total. The van der Waals surface area contributed by atoms with E-state index in [1.165, 1.54) is 193 Å². The van der Waals surface area contributed by atoms with Crippen LogP contribution in [0.15, 0.2) is 0 Å². The molecular weight excluding hydrogens is 1220 g/mol. The number of carbonyl (C=O) groups is 4. The molecule has 0 aliphatic rings. The molecule has 93 heavy (non-hydrogen) atoms. The van der Waals surface area contributed by atoms with Gasteiger partial charge < -0.3 is 33.8 Å². The Labute approximate surface area is 568 Å². The minimum absolute atomic E-state index is 0.104. The van der Waals surface area contributed by atoms with Gasteiger partial charge in [0.2, 0.25) is 0 Å². The van der Waals surface area contributed by atoms with E-state index >= 15 is 0 Å². The normalized spacial score (nSPS) is 14.1. The zero-order valence-electron chi connectivity index (χ0n) is 60.6. The first kappa shape index (κ1) is 91.1. The molecule has 0 aromatic rings. The molecule has 0 bridgehead atoms. The highest BCUT2D eigenvalue weighted by Crippen LogP contribution is 2.45. The van der Waals surface area contributed by atoms with Gasteiger partial charge in [-0.15, -0.1) is 0 Å². The number of rotatable bonds is 73. The summed E-state index contributed by atoms with van der Waals surface area (Å²) in [4.78, 5) is 72.4. The lowest BCUT2D eigenvalue weighted by Crippen LogP contribution is -2.30. The summed E-state index contributed by atoms with van der Waals surface area (Å²) in [7, 11) is -9.90. The van der Waals surface area contributed by atoms with E-state index in [1.54, 1.807) is 0 Å². The van der Waals surface area contributed by atoms with E-state index in [2.05, 4.69) is 41.5 Å². The maximum absolute atomic E-state index is 13.1. The van der Waals surface area contributed by atoms with Gasteiger partial charge in [-0.2, -0.15) is 0 Å². The molecule has 17 nitrogen and oxygen atoms in total. The lowest BCUT2D eigenvalue weighted by atomic mass is 10.0. The number of hydrogen-bond acceptors (Lipinski definition) is 15. The van der Waals surface area contributed by atoms with E-state index < -0.39 is 97.5 Å². The fraction of sp³-hybridized carbons (Fsp3) is 0.946. The Balaban J connectivity index is 5.12. The minimum Gasteiger partial charge on any atom is -0.462 e. The molecule has 0 radical (unpaired) electrons. The summed E-state index contributed by atoms with van der Waals surface area (Å²) in [5.74, 6) is -0.623. The second kappa shape index (κ2) is 66.0. The highest BCUT2D eigenvalue weighted by molar-refractivity contribution is 7.47. The summed E-state index contributed by atoms with van der Waals surface area (Å²) in [5, 5.41) is 10.6.